The van der Waals surface area contributed by atoms with Gasteiger partial charge in [-0.1, -0.05) is 63.1 Å². The zero-order valence-corrected chi connectivity index (χ0v) is 20.8. The molecule has 0 unspecified atom stereocenters. The maximum Gasteiger partial charge on any atom is 0.223 e. The molecule has 180 valence electrons. The number of imidazole rings is 1. The summed E-state index contributed by atoms with van der Waals surface area (Å²) in [4.78, 5) is 20.5. The van der Waals surface area contributed by atoms with Crippen molar-refractivity contribution in [2.24, 2.45) is 17.8 Å². The Balaban J connectivity index is 1.30. The monoisotopic (exact) mass is 458 g/mol. The van der Waals surface area contributed by atoms with Gasteiger partial charge in [0.25, 0.3) is 0 Å². The first kappa shape index (κ1) is 22.9. The second-order valence-corrected chi connectivity index (χ2v) is 10.6. The van der Waals surface area contributed by atoms with E-state index in [0.717, 1.165) is 50.4 Å². The molecule has 1 aromatic heterocycles. The van der Waals surface area contributed by atoms with Gasteiger partial charge in [0.2, 0.25) is 11.9 Å². The molecule has 34 heavy (non-hydrogen) atoms. The van der Waals surface area contributed by atoms with Gasteiger partial charge in [-0.05, 0) is 61.3 Å². The third kappa shape index (κ3) is 4.57. The van der Waals surface area contributed by atoms with Crippen LogP contribution in [0, 0.1) is 24.7 Å². The summed E-state index contributed by atoms with van der Waals surface area (Å²) in [6.45, 7) is 9.34. The van der Waals surface area contributed by atoms with Gasteiger partial charge in [-0.15, -0.1) is 0 Å². The number of carbonyl (C=O) groups is 1. The normalized spacial score (nSPS) is 23.9. The highest BCUT2D eigenvalue weighted by atomic mass is 16.2. The fourth-order valence-corrected chi connectivity index (χ4v) is 5.85. The maximum absolute atomic E-state index is 13.1. The molecule has 3 aromatic rings. The minimum Gasteiger partial charge on any atom is -0.353 e. The van der Waals surface area contributed by atoms with Crippen molar-refractivity contribution < 1.29 is 4.79 Å². The van der Waals surface area contributed by atoms with E-state index in [0.29, 0.717) is 17.9 Å². The van der Waals surface area contributed by atoms with Crippen LogP contribution < -0.4 is 10.2 Å². The summed E-state index contributed by atoms with van der Waals surface area (Å²) in [5, 5.41) is 3.42. The number of carbonyl (C=O) groups excluding carboxylic acids is 1. The SMILES string of the molecule is Cc1ccccc1Cn1c(N2CCC(C(=O)N[C@@H]3CCC[C@@H](C)[C@H]3C)CC2)nc2ccccc21. The molecule has 5 rings (SSSR count). The number of rotatable bonds is 5. The van der Waals surface area contributed by atoms with Crippen LogP contribution in [0.5, 0.6) is 0 Å². The molecule has 0 bridgehead atoms. The molecular weight excluding hydrogens is 420 g/mol. The molecule has 0 radical (unpaired) electrons. The molecule has 1 aliphatic carbocycles. The lowest BCUT2D eigenvalue weighted by molar-refractivity contribution is -0.127. The number of nitrogens with one attached hydrogen (secondary N) is 1. The van der Waals surface area contributed by atoms with E-state index < -0.39 is 0 Å². The van der Waals surface area contributed by atoms with E-state index in [4.69, 9.17) is 4.98 Å². The summed E-state index contributed by atoms with van der Waals surface area (Å²) in [6, 6.07) is 17.3. The van der Waals surface area contributed by atoms with E-state index in [-0.39, 0.29) is 11.8 Å². The number of hydrogen-bond acceptors (Lipinski definition) is 3. The number of piperidine rings is 1. The van der Waals surface area contributed by atoms with Crippen molar-refractivity contribution in [2.45, 2.75) is 65.5 Å². The summed E-state index contributed by atoms with van der Waals surface area (Å²) < 4.78 is 2.35. The van der Waals surface area contributed by atoms with Gasteiger partial charge in [0.15, 0.2) is 0 Å². The predicted octanol–water partition coefficient (Wildman–Crippen LogP) is 5.55. The van der Waals surface area contributed by atoms with E-state index in [1.807, 2.05) is 0 Å². The average Bonchev–Trinajstić information content (AvgIpc) is 3.22. The van der Waals surface area contributed by atoms with Crippen LogP contribution in [0.4, 0.5) is 5.95 Å². The Morgan fingerprint density at radius 2 is 1.74 bits per heavy atom. The van der Waals surface area contributed by atoms with Crippen molar-refractivity contribution in [3.63, 3.8) is 0 Å². The minimum atomic E-state index is 0.106. The number of hydrogen-bond donors (Lipinski definition) is 1. The Kier molecular flexibility index (Phi) is 6.62. The van der Waals surface area contributed by atoms with Crippen LogP contribution in [0.3, 0.4) is 0 Å². The summed E-state index contributed by atoms with van der Waals surface area (Å²) in [5.74, 6) is 2.66. The number of benzene rings is 2. The molecule has 5 nitrogen and oxygen atoms in total. The largest absolute Gasteiger partial charge is 0.353 e. The van der Waals surface area contributed by atoms with Crippen LogP contribution in [0.25, 0.3) is 11.0 Å². The Morgan fingerprint density at radius 1 is 1.00 bits per heavy atom. The highest BCUT2D eigenvalue weighted by Gasteiger charge is 2.32. The summed E-state index contributed by atoms with van der Waals surface area (Å²) in [6.07, 6.45) is 5.41. The van der Waals surface area contributed by atoms with Crippen molar-refractivity contribution in [3.8, 4) is 0 Å². The van der Waals surface area contributed by atoms with Gasteiger partial charge in [0.05, 0.1) is 17.6 Å². The van der Waals surface area contributed by atoms with Crippen LogP contribution >= 0.6 is 0 Å². The van der Waals surface area contributed by atoms with Crippen LogP contribution in [-0.2, 0) is 11.3 Å². The molecule has 3 atom stereocenters. The number of amides is 1. The van der Waals surface area contributed by atoms with Gasteiger partial charge in [0, 0.05) is 25.0 Å². The van der Waals surface area contributed by atoms with E-state index in [1.165, 1.54) is 29.5 Å². The van der Waals surface area contributed by atoms with Crippen LogP contribution in [0.2, 0.25) is 0 Å². The second-order valence-electron chi connectivity index (χ2n) is 10.6. The van der Waals surface area contributed by atoms with Crippen molar-refractivity contribution in [1.82, 2.24) is 14.9 Å². The maximum atomic E-state index is 13.1. The number of aryl methyl sites for hydroxylation is 1. The highest BCUT2D eigenvalue weighted by molar-refractivity contribution is 5.80. The van der Waals surface area contributed by atoms with Crippen LogP contribution in [-0.4, -0.2) is 34.6 Å². The molecule has 2 aromatic carbocycles. The number of fused-ring (bicyclic) bond motifs is 1. The van der Waals surface area contributed by atoms with E-state index in [2.05, 4.69) is 84.1 Å². The fraction of sp³-hybridized carbons (Fsp3) is 0.517. The quantitative estimate of drug-likeness (QED) is 0.545. The summed E-state index contributed by atoms with van der Waals surface area (Å²) in [5.41, 5.74) is 4.82. The number of nitrogens with zero attached hydrogens (tertiary/aromatic N) is 3. The smallest absolute Gasteiger partial charge is 0.223 e. The number of para-hydroxylation sites is 2. The molecular formula is C29H38N4O. The lowest BCUT2D eigenvalue weighted by atomic mass is 9.78. The Morgan fingerprint density at radius 3 is 2.53 bits per heavy atom. The van der Waals surface area contributed by atoms with Gasteiger partial charge in [-0.2, -0.15) is 0 Å². The standard InChI is InChI=1S/C29H38N4O/c1-20-10-8-13-25(22(20)3)30-28(34)23-15-17-32(18-16-23)29-31-26-12-6-7-14-27(26)33(29)19-24-11-5-4-9-21(24)2/h4-7,9,11-12,14,20,22-23,25H,8,10,13,15-19H2,1-3H3,(H,30,34)/t20-,22-,25-/m1/s1. The molecule has 5 heteroatoms. The van der Waals surface area contributed by atoms with E-state index >= 15 is 0 Å². The van der Waals surface area contributed by atoms with Crippen LogP contribution in [0.1, 0.15) is 57.1 Å². The zero-order chi connectivity index (χ0) is 23.7. The number of anilines is 1. The molecule has 2 fully saturated rings. The van der Waals surface area contributed by atoms with Crippen molar-refractivity contribution in [1.29, 1.82) is 0 Å². The van der Waals surface area contributed by atoms with Crippen molar-refractivity contribution in [3.05, 3.63) is 59.7 Å². The van der Waals surface area contributed by atoms with Gasteiger partial charge >= 0.3 is 0 Å². The average molecular weight is 459 g/mol. The molecule has 1 amide bonds. The van der Waals surface area contributed by atoms with Crippen LogP contribution in [0.15, 0.2) is 48.5 Å². The summed E-state index contributed by atoms with van der Waals surface area (Å²) >= 11 is 0. The molecule has 1 saturated heterocycles. The topological polar surface area (TPSA) is 50.2 Å². The van der Waals surface area contributed by atoms with Gasteiger partial charge < -0.3 is 14.8 Å². The second kappa shape index (κ2) is 9.81. The molecule has 2 heterocycles. The Bertz CT molecular complexity index is 1140. The third-order valence-electron chi connectivity index (χ3n) is 8.41. The van der Waals surface area contributed by atoms with Crippen molar-refractivity contribution >= 4 is 22.9 Å². The Hall–Kier alpha value is -2.82. The fourth-order valence-electron chi connectivity index (χ4n) is 5.85. The first-order valence-electron chi connectivity index (χ1n) is 13.1. The van der Waals surface area contributed by atoms with Gasteiger partial charge in [-0.25, -0.2) is 4.98 Å². The molecule has 1 N–H and O–H groups in total. The van der Waals surface area contributed by atoms with E-state index in [9.17, 15) is 4.79 Å². The van der Waals surface area contributed by atoms with Gasteiger partial charge in [0.1, 0.15) is 0 Å². The predicted molar refractivity (Wildman–Crippen MR) is 139 cm³/mol. The lowest BCUT2D eigenvalue weighted by Crippen LogP contribution is -2.48. The number of aromatic nitrogens is 2. The highest BCUT2D eigenvalue weighted by Crippen LogP contribution is 2.31. The molecule has 2 aliphatic rings. The first-order valence-corrected chi connectivity index (χ1v) is 13.1. The minimum absolute atomic E-state index is 0.106. The molecule has 1 saturated carbocycles. The molecule has 1 aliphatic heterocycles. The van der Waals surface area contributed by atoms with Gasteiger partial charge in [-0.3, -0.25) is 4.79 Å². The lowest BCUT2D eigenvalue weighted by Gasteiger charge is -2.37. The Labute approximate surface area is 203 Å². The van der Waals surface area contributed by atoms with E-state index in [1.54, 1.807) is 0 Å². The zero-order valence-electron chi connectivity index (χ0n) is 20.8. The third-order valence-corrected chi connectivity index (χ3v) is 8.41. The summed E-state index contributed by atoms with van der Waals surface area (Å²) in [7, 11) is 0. The first-order chi connectivity index (χ1) is 16.5. The van der Waals surface area contributed by atoms with Crippen molar-refractivity contribution in [2.75, 3.05) is 18.0 Å². The molecule has 0 spiro atoms.